The smallest absolute Gasteiger partial charge is 0.129 e. The number of nitrogens with zero attached hydrogens (tertiary/aromatic N) is 1. The zero-order valence-electron chi connectivity index (χ0n) is 10.4. The monoisotopic (exact) mass is 370 g/mol. The highest BCUT2D eigenvalue weighted by atomic mass is 79.9. The first kappa shape index (κ1) is 18.9. The molecule has 1 saturated heterocycles. The Labute approximate surface area is 134 Å². The van der Waals surface area contributed by atoms with E-state index in [-0.39, 0.29) is 36.7 Å². The highest BCUT2D eigenvalue weighted by Crippen LogP contribution is 2.26. The van der Waals surface area contributed by atoms with Crippen molar-refractivity contribution in [1.29, 1.82) is 0 Å². The molecule has 1 fully saturated rings. The minimum Gasteiger partial charge on any atom is -0.314 e. The SMILES string of the molecule is C=C[C@@H](c1ccc(Br)cc1F)N1CCNCC1.Cl.Cl. The van der Waals surface area contributed by atoms with Gasteiger partial charge in [-0.2, -0.15) is 0 Å². The second kappa shape index (κ2) is 8.93. The third kappa shape index (κ3) is 4.72. The molecule has 0 saturated carbocycles. The molecule has 1 N–H and O–H groups in total. The van der Waals surface area contributed by atoms with Crippen molar-refractivity contribution in [3.63, 3.8) is 0 Å². The number of halogens is 4. The largest absolute Gasteiger partial charge is 0.314 e. The van der Waals surface area contributed by atoms with E-state index in [0.29, 0.717) is 5.56 Å². The second-order valence-electron chi connectivity index (χ2n) is 4.13. The van der Waals surface area contributed by atoms with Crippen molar-refractivity contribution in [2.24, 2.45) is 0 Å². The lowest BCUT2D eigenvalue weighted by Crippen LogP contribution is -2.44. The predicted molar refractivity (Wildman–Crippen MR) is 86.0 cm³/mol. The van der Waals surface area contributed by atoms with Crippen molar-refractivity contribution >= 4 is 40.7 Å². The van der Waals surface area contributed by atoms with Crippen LogP contribution in [0.3, 0.4) is 0 Å². The maximum absolute atomic E-state index is 13.9. The highest BCUT2D eigenvalue weighted by Gasteiger charge is 2.21. The van der Waals surface area contributed by atoms with Crippen LogP contribution in [0, 0.1) is 5.82 Å². The molecule has 1 aliphatic rings. The molecule has 0 unspecified atom stereocenters. The topological polar surface area (TPSA) is 15.3 Å². The Balaban J connectivity index is 0.00000162. The van der Waals surface area contributed by atoms with Crippen LogP contribution in [0.1, 0.15) is 11.6 Å². The summed E-state index contributed by atoms with van der Waals surface area (Å²) < 4.78 is 14.7. The fraction of sp³-hybridized carbons (Fsp3) is 0.385. The molecule has 0 aromatic heterocycles. The Bertz CT molecular complexity index is 412. The molecular weight excluding hydrogens is 354 g/mol. The van der Waals surface area contributed by atoms with E-state index in [2.05, 4.69) is 32.7 Å². The number of nitrogens with one attached hydrogen (secondary N) is 1. The van der Waals surface area contributed by atoms with E-state index in [9.17, 15) is 4.39 Å². The Morgan fingerprint density at radius 2 is 1.95 bits per heavy atom. The Morgan fingerprint density at radius 3 is 2.47 bits per heavy atom. The van der Waals surface area contributed by atoms with Gasteiger partial charge in [-0.3, -0.25) is 4.90 Å². The zero-order valence-corrected chi connectivity index (χ0v) is 13.7. The molecule has 0 spiro atoms. The normalized spacial score (nSPS) is 16.9. The van der Waals surface area contributed by atoms with Crippen molar-refractivity contribution in [2.45, 2.75) is 6.04 Å². The molecule has 0 amide bonds. The van der Waals surface area contributed by atoms with Crippen LogP contribution in [-0.2, 0) is 0 Å². The van der Waals surface area contributed by atoms with Gasteiger partial charge in [0.15, 0.2) is 0 Å². The second-order valence-corrected chi connectivity index (χ2v) is 5.05. The third-order valence-corrected chi connectivity index (χ3v) is 3.54. The minimum atomic E-state index is -0.178. The lowest BCUT2D eigenvalue weighted by atomic mass is 10.0. The van der Waals surface area contributed by atoms with Crippen molar-refractivity contribution in [1.82, 2.24) is 10.2 Å². The standard InChI is InChI=1S/C13H16BrFN2.2ClH/c1-2-13(17-7-5-16-6-8-17)11-4-3-10(14)9-12(11)15;;/h2-4,9,13,16H,1,5-8H2;2*1H/t13-;;/m0../s1. The van der Waals surface area contributed by atoms with Crippen molar-refractivity contribution < 1.29 is 4.39 Å². The molecule has 19 heavy (non-hydrogen) atoms. The minimum absolute atomic E-state index is 0. The first-order valence-corrected chi connectivity index (χ1v) is 6.54. The lowest BCUT2D eigenvalue weighted by molar-refractivity contribution is 0.200. The van der Waals surface area contributed by atoms with Gasteiger partial charge in [0.05, 0.1) is 6.04 Å². The van der Waals surface area contributed by atoms with Gasteiger partial charge >= 0.3 is 0 Å². The maximum atomic E-state index is 13.9. The van der Waals surface area contributed by atoms with E-state index in [1.807, 2.05) is 18.2 Å². The molecule has 1 atom stereocenters. The van der Waals surface area contributed by atoms with Crippen LogP contribution in [0.5, 0.6) is 0 Å². The molecular formula is C13H18BrCl2FN2. The van der Waals surface area contributed by atoms with Gasteiger partial charge in [-0.25, -0.2) is 4.39 Å². The molecule has 0 bridgehead atoms. The summed E-state index contributed by atoms with van der Waals surface area (Å²) in [5, 5.41) is 3.29. The number of hydrogen-bond donors (Lipinski definition) is 1. The molecule has 1 aromatic rings. The molecule has 1 heterocycles. The quantitative estimate of drug-likeness (QED) is 0.817. The Kier molecular flexibility index (Phi) is 8.86. The average molecular weight is 372 g/mol. The van der Waals surface area contributed by atoms with Gasteiger partial charge in [-0.05, 0) is 12.1 Å². The van der Waals surface area contributed by atoms with Gasteiger partial charge < -0.3 is 5.32 Å². The fourth-order valence-electron chi connectivity index (χ4n) is 2.17. The summed E-state index contributed by atoms with van der Waals surface area (Å²) >= 11 is 3.27. The van der Waals surface area contributed by atoms with Crippen molar-refractivity contribution in [3.05, 3.63) is 46.7 Å². The average Bonchev–Trinajstić information content (AvgIpc) is 2.34. The third-order valence-electron chi connectivity index (χ3n) is 3.05. The summed E-state index contributed by atoms with van der Waals surface area (Å²) in [6.45, 7) is 7.58. The first-order valence-electron chi connectivity index (χ1n) is 5.74. The van der Waals surface area contributed by atoms with E-state index in [0.717, 1.165) is 30.7 Å². The van der Waals surface area contributed by atoms with Gasteiger partial charge in [0.25, 0.3) is 0 Å². The summed E-state index contributed by atoms with van der Waals surface area (Å²) in [7, 11) is 0. The van der Waals surface area contributed by atoms with Crippen LogP contribution < -0.4 is 5.32 Å². The van der Waals surface area contributed by atoms with Crippen molar-refractivity contribution in [2.75, 3.05) is 26.2 Å². The van der Waals surface area contributed by atoms with Crippen LogP contribution in [0.4, 0.5) is 4.39 Å². The first-order chi connectivity index (χ1) is 8.22. The number of benzene rings is 1. The summed E-state index contributed by atoms with van der Waals surface area (Å²) in [6, 6.07) is 5.17. The Morgan fingerprint density at radius 1 is 1.32 bits per heavy atom. The predicted octanol–water partition coefficient (Wildman–Crippen LogP) is 3.56. The van der Waals surface area contributed by atoms with E-state index >= 15 is 0 Å². The van der Waals surface area contributed by atoms with E-state index < -0.39 is 0 Å². The molecule has 1 aromatic carbocycles. The van der Waals surface area contributed by atoms with Gasteiger partial charge in [0.1, 0.15) is 5.82 Å². The number of piperazine rings is 1. The van der Waals surface area contributed by atoms with Crippen LogP contribution in [0.2, 0.25) is 0 Å². The molecule has 0 aliphatic carbocycles. The maximum Gasteiger partial charge on any atom is 0.129 e. The van der Waals surface area contributed by atoms with Crippen LogP contribution in [0.25, 0.3) is 0 Å². The van der Waals surface area contributed by atoms with Crippen LogP contribution in [0.15, 0.2) is 35.3 Å². The van der Waals surface area contributed by atoms with Crippen LogP contribution in [-0.4, -0.2) is 31.1 Å². The van der Waals surface area contributed by atoms with Crippen LogP contribution >= 0.6 is 40.7 Å². The highest BCUT2D eigenvalue weighted by molar-refractivity contribution is 9.10. The van der Waals surface area contributed by atoms with E-state index in [1.165, 1.54) is 6.07 Å². The fourth-order valence-corrected chi connectivity index (χ4v) is 2.51. The summed E-state index contributed by atoms with van der Waals surface area (Å²) in [5.74, 6) is -0.178. The van der Waals surface area contributed by atoms with Gasteiger partial charge in [-0.1, -0.05) is 28.1 Å². The summed E-state index contributed by atoms with van der Waals surface area (Å²) in [5.41, 5.74) is 0.699. The molecule has 2 rings (SSSR count). The Hall–Kier alpha value is -0.130. The van der Waals surface area contributed by atoms with Gasteiger partial charge in [-0.15, -0.1) is 31.4 Å². The molecule has 6 heteroatoms. The molecule has 1 aliphatic heterocycles. The zero-order chi connectivity index (χ0) is 12.3. The number of hydrogen-bond acceptors (Lipinski definition) is 2. The van der Waals surface area contributed by atoms with Gasteiger partial charge in [0, 0.05) is 36.2 Å². The van der Waals surface area contributed by atoms with E-state index in [1.54, 1.807) is 0 Å². The number of rotatable bonds is 3. The summed E-state index contributed by atoms with van der Waals surface area (Å²) in [6.07, 6.45) is 1.82. The van der Waals surface area contributed by atoms with Crippen molar-refractivity contribution in [3.8, 4) is 0 Å². The van der Waals surface area contributed by atoms with E-state index in [4.69, 9.17) is 0 Å². The van der Waals surface area contributed by atoms with Gasteiger partial charge in [0.2, 0.25) is 0 Å². The molecule has 2 nitrogen and oxygen atoms in total. The molecule has 108 valence electrons. The lowest BCUT2D eigenvalue weighted by Gasteiger charge is -2.33. The summed E-state index contributed by atoms with van der Waals surface area (Å²) in [4.78, 5) is 2.25. The molecule has 0 radical (unpaired) electrons.